The maximum atomic E-state index is 3.55. The molecule has 2 nitrogen and oxygen atoms in total. The fourth-order valence-electron chi connectivity index (χ4n) is 2.18. The van der Waals surface area contributed by atoms with E-state index in [0.717, 1.165) is 6.54 Å². The lowest BCUT2D eigenvalue weighted by Crippen LogP contribution is -2.15. The van der Waals surface area contributed by atoms with Crippen LogP contribution in [0.2, 0.25) is 0 Å². The number of hydrogen-bond donors (Lipinski definition) is 1. The molecule has 2 rings (SSSR count). The van der Waals surface area contributed by atoms with Crippen LogP contribution in [0.1, 0.15) is 18.4 Å². The van der Waals surface area contributed by atoms with Gasteiger partial charge < -0.3 is 10.2 Å². The minimum Gasteiger partial charge on any atom is -0.383 e. The predicted molar refractivity (Wildman–Crippen MR) is 84.1 cm³/mol. The Bertz CT molecular complexity index is 506. The molecule has 0 saturated heterocycles. The molecule has 0 heterocycles. The molecule has 2 aromatic rings. The van der Waals surface area contributed by atoms with E-state index in [2.05, 4.69) is 85.8 Å². The first-order valence-electron chi connectivity index (χ1n) is 6.73. The Kier molecular flexibility index (Phi) is 4.45. The number of benzene rings is 2. The molecule has 100 valence electrons. The molecule has 0 spiro atoms. The summed E-state index contributed by atoms with van der Waals surface area (Å²) in [6.45, 7) is 3.19. The SMILES string of the molecule is CC(CNc1ccccc1N(C)C)c1ccccc1. The van der Waals surface area contributed by atoms with Crippen LogP contribution in [0.4, 0.5) is 11.4 Å². The Hall–Kier alpha value is -1.96. The van der Waals surface area contributed by atoms with Crippen molar-refractivity contribution in [3.63, 3.8) is 0 Å². The fourth-order valence-corrected chi connectivity index (χ4v) is 2.18. The zero-order valence-electron chi connectivity index (χ0n) is 11.9. The highest BCUT2D eigenvalue weighted by atomic mass is 15.1. The van der Waals surface area contributed by atoms with Crippen molar-refractivity contribution in [2.75, 3.05) is 30.9 Å². The molecular formula is C17H22N2. The summed E-state index contributed by atoms with van der Waals surface area (Å²) < 4.78 is 0. The van der Waals surface area contributed by atoms with Gasteiger partial charge in [0, 0.05) is 20.6 Å². The highest BCUT2D eigenvalue weighted by molar-refractivity contribution is 5.69. The Balaban J connectivity index is 2.03. The normalized spacial score (nSPS) is 11.9. The molecule has 2 heteroatoms. The van der Waals surface area contributed by atoms with Crippen molar-refractivity contribution in [2.24, 2.45) is 0 Å². The molecule has 0 amide bonds. The summed E-state index contributed by atoms with van der Waals surface area (Å²) in [4.78, 5) is 2.13. The maximum Gasteiger partial charge on any atom is 0.0596 e. The van der Waals surface area contributed by atoms with E-state index >= 15 is 0 Å². The summed E-state index contributed by atoms with van der Waals surface area (Å²) >= 11 is 0. The third-order valence-electron chi connectivity index (χ3n) is 3.35. The molecule has 1 atom stereocenters. The molecule has 0 aliphatic carbocycles. The van der Waals surface area contributed by atoms with E-state index in [1.807, 2.05) is 0 Å². The van der Waals surface area contributed by atoms with Crippen LogP contribution in [0.5, 0.6) is 0 Å². The lowest BCUT2D eigenvalue weighted by atomic mass is 10.0. The van der Waals surface area contributed by atoms with Crippen LogP contribution in [0, 0.1) is 0 Å². The molecule has 1 unspecified atom stereocenters. The first kappa shape index (κ1) is 13.5. The second-order valence-corrected chi connectivity index (χ2v) is 5.10. The number of hydrogen-bond acceptors (Lipinski definition) is 2. The van der Waals surface area contributed by atoms with Gasteiger partial charge in [0.25, 0.3) is 0 Å². The van der Waals surface area contributed by atoms with Gasteiger partial charge in [-0.05, 0) is 23.6 Å². The summed E-state index contributed by atoms with van der Waals surface area (Å²) in [5.41, 5.74) is 3.79. The lowest BCUT2D eigenvalue weighted by Gasteiger charge is -2.20. The molecule has 0 aromatic heterocycles. The highest BCUT2D eigenvalue weighted by Gasteiger charge is 2.07. The molecule has 0 aliphatic rings. The monoisotopic (exact) mass is 254 g/mol. The van der Waals surface area contributed by atoms with Gasteiger partial charge in [0.05, 0.1) is 11.4 Å². The smallest absolute Gasteiger partial charge is 0.0596 e. The van der Waals surface area contributed by atoms with E-state index in [4.69, 9.17) is 0 Å². The summed E-state index contributed by atoms with van der Waals surface area (Å²) in [6, 6.07) is 19.0. The van der Waals surface area contributed by atoms with Crippen LogP contribution in [-0.2, 0) is 0 Å². The zero-order valence-corrected chi connectivity index (χ0v) is 11.9. The highest BCUT2D eigenvalue weighted by Crippen LogP contribution is 2.24. The van der Waals surface area contributed by atoms with E-state index in [-0.39, 0.29) is 0 Å². The standard InChI is InChI=1S/C17H22N2/c1-14(15-9-5-4-6-10-15)13-18-16-11-7-8-12-17(16)19(2)3/h4-12,14,18H,13H2,1-3H3. The van der Waals surface area contributed by atoms with Crippen LogP contribution in [0.15, 0.2) is 54.6 Å². The molecule has 0 bridgehead atoms. The quantitative estimate of drug-likeness (QED) is 0.868. The van der Waals surface area contributed by atoms with Crippen LogP contribution < -0.4 is 10.2 Å². The van der Waals surface area contributed by atoms with Gasteiger partial charge in [-0.1, -0.05) is 49.4 Å². The average molecular weight is 254 g/mol. The summed E-state index contributed by atoms with van der Waals surface area (Å²) in [7, 11) is 4.14. The average Bonchev–Trinajstić information content (AvgIpc) is 2.46. The molecule has 1 N–H and O–H groups in total. The van der Waals surface area contributed by atoms with Crippen molar-refractivity contribution in [3.8, 4) is 0 Å². The van der Waals surface area contributed by atoms with Gasteiger partial charge in [0.2, 0.25) is 0 Å². The molecule has 19 heavy (non-hydrogen) atoms. The Labute approximate surface area is 116 Å². The van der Waals surface area contributed by atoms with Crippen LogP contribution in [0.25, 0.3) is 0 Å². The van der Waals surface area contributed by atoms with Crippen LogP contribution in [-0.4, -0.2) is 20.6 Å². The van der Waals surface area contributed by atoms with Crippen LogP contribution in [0.3, 0.4) is 0 Å². The molecule has 2 aromatic carbocycles. The fraction of sp³-hybridized carbons (Fsp3) is 0.294. The molecule has 0 aliphatic heterocycles. The number of nitrogens with zero attached hydrogens (tertiary/aromatic N) is 1. The Morgan fingerprint density at radius 3 is 2.26 bits per heavy atom. The minimum absolute atomic E-state index is 0.497. The third-order valence-corrected chi connectivity index (χ3v) is 3.35. The second-order valence-electron chi connectivity index (χ2n) is 5.10. The Morgan fingerprint density at radius 1 is 0.947 bits per heavy atom. The van der Waals surface area contributed by atoms with E-state index in [0.29, 0.717) is 5.92 Å². The van der Waals surface area contributed by atoms with Crippen molar-refractivity contribution in [1.29, 1.82) is 0 Å². The Morgan fingerprint density at radius 2 is 1.58 bits per heavy atom. The van der Waals surface area contributed by atoms with Gasteiger partial charge in [-0.15, -0.1) is 0 Å². The minimum atomic E-state index is 0.497. The van der Waals surface area contributed by atoms with Crippen molar-refractivity contribution in [2.45, 2.75) is 12.8 Å². The van der Waals surface area contributed by atoms with Gasteiger partial charge in [-0.25, -0.2) is 0 Å². The number of para-hydroxylation sites is 2. The first-order valence-corrected chi connectivity index (χ1v) is 6.73. The van der Waals surface area contributed by atoms with Gasteiger partial charge in [0.15, 0.2) is 0 Å². The number of nitrogens with one attached hydrogen (secondary N) is 1. The maximum absolute atomic E-state index is 3.55. The topological polar surface area (TPSA) is 15.3 Å². The van der Waals surface area contributed by atoms with Gasteiger partial charge >= 0.3 is 0 Å². The van der Waals surface area contributed by atoms with E-state index in [9.17, 15) is 0 Å². The largest absolute Gasteiger partial charge is 0.383 e. The van der Waals surface area contributed by atoms with E-state index in [1.165, 1.54) is 16.9 Å². The van der Waals surface area contributed by atoms with Gasteiger partial charge in [-0.3, -0.25) is 0 Å². The number of rotatable bonds is 5. The predicted octanol–water partition coefficient (Wildman–Crippen LogP) is 3.97. The van der Waals surface area contributed by atoms with E-state index < -0.39 is 0 Å². The summed E-state index contributed by atoms with van der Waals surface area (Å²) in [5, 5.41) is 3.55. The van der Waals surface area contributed by atoms with Gasteiger partial charge in [-0.2, -0.15) is 0 Å². The molecule has 0 saturated carbocycles. The lowest BCUT2D eigenvalue weighted by molar-refractivity contribution is 0.804. The summed E-state index contributed by atoms with van der Waals surface area (Å²) in [6.07, 6.45) is 0. The molecular weight excluding hydrogens is 232 g/mol. The number of anilines is 2. The van der Waals surface area contributed by atoms with Crippen molar-refractivity contribution >= 4 is 11.4 Å². The van der Waals surface area contributed by atoms with Crippen LogP contribution >= 0.6 is 0 Å². The van der Waals surface area contributed by atoms with Gasteiger partial charge in [0.1, 0.15) is 0 Å². The van der Waals surface area contributed by atoms with E-state index in [1.54, 1.807) is 0 Å². The van der Waals surface area contributed by atoms with Crippen molar-refractivity contribution < 1.29 is 0 Å². The third kappa shape index (κ3) is 3.50. The molecule has 0 radical (unpaired) electrons. The second kappa shape index (κ2) is 6.28. The molecule has 0 fully saturated rings. The first-order chi connectivity index (χ1) is 9.18. The zero-order chi connectivity index (χ0) is 13.7. The summed E-state index contributed by atoms with van der Waals surface area (Å²) in [5.74, 6) is 0.497. The van der Waals surface area contributed by atoms with Crippen molar-refractivity contribution in [3.05, 3.63) is 60.2 Å². The van der Waals surface area contributed by atoms with Crippen molar-refractivity contribution in [1.82, 2.24) is 0 Å².